The number of esters is 1. The van der Waals surface area contributed by atoms with Gasteiger partial charge in [0.2, 0.25) is 0 Å². The van der Waals surface area contributed by atoms with E-state index in [-0.39, 0.29) is 43.7 Å². The minimum absolute atomic E-state index is 0.0560. The highest BCUT2D eigenvalue weighted by Crippen LogP contribution is 2.42. The summed E-state index contributed by atoms with van der Waals surface area (Å²) in [5.41, 5.74) is -2.78. The predicted molar refractivity (Wildman–Crippen MR) is 250 cm³/mol. The van der Waals surface area contributed by atoms with E-state index in [4.69, 9.17) is 42.6 Å². The van der Waals surface area contributed by atoms with Crippen LogP contribution in [0.15, 0.2) is 29.4 Å². The van der Waals surface area contributed by atoms with Crippen molar-refractivity contribution in [2.45, 2.75) is 185 Å². The van der Waals surface area contributed by atoms with Gasteiger partial charge in [-0.1, -0.05) is 57.1 Å². The molecule has 4 heterocycles. The van der Waals surface area contributed by atoms with Gasteiger partial charge in [0, 0.05) is 51.0 Å². The molecule has 4 aliphatic rings. The standard InChI is InChI=1S/C48H80BN3O16/c1-15-35-48(10,58)41(55)27(4)38(51-62-24-36(53)50-23-34-31-18-16-17-19-32(31)49(59)68-34)25(2)21-47(9,61-14)43(67-45-39(54)33(52(11)12)20-26(3)63-45)28(5)40(29(6)44(57)65-35)66-37-22-46(8,60-13)42(56)30(7)64-37/h16-19,25-30,33-35,37,39-43,45,54-56,58-59H,15,20-24H2,1-14H3,(H,50,53)/b51-38+/t25-,26-,27+,28+,29-,30+,33+,34-,35-,37+,39-,40+,41-,42+,43-,45+,46-,47-,48-/m1/s1. The van der Waals surface area contributed by atoms with Crippen molar-refractivity contribution in [3.8, 4) is 0 Å². The monoisotopic (exact) mass is 966 g/mol. The molecule has 0 aliphatic carbocycles. The third-order valence-electron chi connectivity index (χ3n) is 15.1. The van der Waals surface area contributed by atoms with E-state index in [1.807, 2.05) is 58.8 Å². The van der Waals surface area contributed by atoms with Crippen molar-refractivity contribution in [3.05, 3.63) is 29.8 Å². The number of cyclic esters (lactones) is 1. The van der Waals surface area contributed by atoms with Crippen LogP contribution in [0.25, 0.3) is 0 Å². The van der Waals surface area contributed by atoms with Crippen LogP contribution in [-0.4, -0.2) is 181 Å². The molecule has 0 radical (unpaired) electrons. The lowest BCUT2D eigenvalue weighted by Gasteiger charge is -2.50. The minimum Gasteiger partial charge on any atom is -0.459 e. The molecule has 0 unspecified atom stereocenters. The lowest BCUT2D eigenvalue weighted by molar-refractivity contribution is -0.319. The van der Waals surface area contributed by atoms with Crippen molar-refractivity contribution in [2.75, 3.05) is 41.5 Å². The van der Waals surface area contributed by atoms with Crippen molar-refractivity contribution in [1.82, 2.24) is 10.2 Å². The van der Waals surface area contributed by atoms with Gasteiger partial charge in [0.1, 0.15) is 23.9 Å². The first-order valence-electron chi connectivity index (χ1n) is 24.1. The highest BCUT2D eigenvalue weighted by molar-refractivity contribution is 6.61. The number of oxime groups is 1. The van der Waals surface area contributed by atoms with E-state index in [1.165, 1.54) is 21.1 Å². The number of nitrogens with zero attached hydrogens (tertiary/aromatic N) is 2. The number of carbonyl (C=O) groups is 2. The molecule has 386 valence electrons. The highest BCUT2D eigenvalue weighted by atomic mass is 16.7. The van der Waals surface area contributed by atoms with Crippen molar-refractivity contribution >= 4 is 30.2 Å². The van der Waals surface area contributed by atoms with Crippen LogP contribution in [0, 0.1) is 23.7 Å². The topological polar surface area (TPSA) is 246 Å². The van der Waals surface area contributed by atoms with Crippen molar-refractivity contribution in [2.24, 2.45) is 28.8 Å². The zero-order valence-corrected chi connectivity index (χ0v) is 42.5. The van der Waals surface area contributed by atoms with E-state index in [0.29, 0.717) is 11.9 Å². The second-order valence-corrected chi connectivity index (χ2v) is 20.4. The van der Waals surface area contributed by atoms with E-state index in [2.05, 4.69) is 10.5 Å². The molecule has 3 fully saturated rings. The van der Waals surface area contributed by atoms with E-state index in [0.717, 1.165) is 5.56 Å². The fraction of sp³-hybridized carbons (Fsp3) is 0.812. The molecule has 1 aromatic rings. The summed E-state index contributed by atoms with van der Waals surface area (Å²) in [7, 11) is 5.65. The quantitative estimate of drug-likeness (QED) is 0.0938. The van der Waals surface area contributed by atoms with E-state index < -0.39 is 127 Å². The molecule has 0 saturated carbocycles. The zero-order chi connectivity index (χ0) is 50.6. The fourth-order valence-corrected chi connectivity index (χ4v) is 10.7. The second kappa shape index (κ2) is 23.2. The van der Waals surface area contributed by atoms with Gasteiger partial charge < -0.3 is 78.3 Å². The van der Waals surface area contributed by atoms with Gasteiger partial charge in [-0.05, 0) is 85.9 Å². The van der Waals surface area contributed by atoms with Crippen LogP contribution in [0.3, 0.4) is 0 Å². The predicted octanol–water partition coefficient (Wildman–Crippen LogP) is 1.82. The molecule has 4 aliphatic heterocycles. The van der Waals surface area contributed by atoms with Crippen LogP contribution in [0.1, 0.15) is 107 Å². The molecule has 0 aromatic heterocycles. The summed E-state index contributed by atoms with van der Waals surface area (Å²) in [6.07, 6.45) is -9.88. The molecule has 20 heteroatoms. The average Bonchev–Trinajstić information content (AvgIpc) is 3.62. The van der Waals surface area contributed by atoms with Crippen LogP contribution in [0.2, 0.25) is 0 Å². The number of amides is 1. The Hall–Kier alpha value is -2.83. The van der Waals surface area contributed by atoms with Gasteiger partial charge in [0.05, 0.1) is 59.5 Å². The maximum Gasteiger partial charge on any atom is 0.492 e. The molecule has 19 nitrogen and oxygen atoms in total. The number of ether oxygens (including phenoxy) is 7. The first-order chi connectivity index (χ1) is 31.8. The van der Waals surface area contributed by atoms with Crippen molar-refractivity contribution in [3.63, 3.8) is 0 Å². The molecule has 3 saturated heterocycles. The van der Waals surface area contributed by atoms with Crippen molar-refractivity contribution in [1.29, 1.82) is 0 Å². The Balaban J connectivity index is 1.55. The molecule has 68 heavy (non-hydrogen) atoms. The van der Waals surface area contributed by atoms with Gasteiger partial charge in [-0.25, -0.2) is 0 Å². The summed E-state index contributed by atoms with van der Waals surface area (Å²) in [4.78, 5) is 35.4. The van der Waals surface area contributed by atoms with E-state index in [1.54, 1.807) is 46.8 Å². The van der Waals surface area contributed by atoms with Crippen LogP contribution >= 0.6 is 0 Å². The zero-order valence-electron chi connectivity index (χ0n) is 42.5. The van der Waals surface area contributed by atoms with E-state index >= 15 is 0 Å². The number of benzene rings is 1. The number of fused-ring (bicyclic) bond motifs is 1. The van der Waals surface area contributed by atoms with Gasteiger partial charge in [0.25, 0.3) is 5.91 Å². The third-order valence-corrected chi connectivity index (χ3v) is 15.1. The molecule has 0 spiro atoms. The number of rotatable bonds is 13. The average molecular weight is 966 g/mol. The lowest BCUT2D eigenvalue weighted by Crippen LogP contribution is -2.61. The Kier molecular flexibility index (Phi) is 19.1. The first-order valence-corrected chi connectivity index (χ1v) is 24.1. The molecule has 0 bridgehead atoms. The number of methoxy groups -OCH3 is 2. The van der Waals surface area contributed by atoms with Crippen LogP contribution < -0.4 is 10.8 Å². The highest BCUT2D eigenvalue weighted by Gasteiger charge is 2.54. The number of hydrogen-bond acceptors (Lipinski definition) is 18. The Morgan fingerprint density at radius 2 is 1.60 bits per heavy atom. The summed E-state index contributed by atoms with van der Waals surface area (Å²) in [6, 6.07) is 6.87. The largest absolute Gasteiger partial charge is 0.492 e. The van der Waals surface area contributed by atoms with E-state index in [9.17, 15) is 35.0 Å². The number of aliphatic hydroxyl groups is 4. The maximum absolute atomic E-state index is 14.6. The molecule has 1 aromatic carbocycles. The number of aliphatic hydroxyl groups excluding tert-OH is 3. The molecular formula is C48H80BN3O16. The van der Waals surface area contributed by atoms with Crippen LogP contribution in [0.4, 0.5) is 0 Å². The number of hydrogen-bond donors (Lipinski definition) is 6. The van der Waals surface area contributed by atoms with Gasteiger partial charge in [0.15, 0.2) is 19.2 Å². The molecule has 1 amide bonds. The summed E-state index contributed by atoms with van der Waals surface area (Å²) >= 11 is 0. The van der Waals surface area contributed by atoms with Gasteiger partial charge in [-0.2, -0.15) is 0 Å². The van der Waals surface area contributed by atoms with Gasteiger partial charge in [-0.3, -0.25) is 9.59 Å². The third kappa shape index (κ3) is 12.3. The van der Waals surface area contributed by atoms with Gasteiger partial charge in [-0.15, -0.1) is 0 Å². The smallest absolute Gasteiger partial charge is 0.459 e. The normalized spacial score (nSPS) is 42.6. The number of nitrogens with one attached hydrogen (secondary N) is 1. The number of likely N-dealkylation sites (N-methyl/N-ethyl adjacent to an activating group) is 1. The molecule has 6 N–H and O–H groups in total. The minimum atomic E-state index is -2.03. The summed E-state index contributed by atoms with van der Waals surface area (Å²) in [6.45, 7) is 16.9. The summed E-state index contributed by atoms with van der Waals surface area (Å²) < 4.78 is 50.5. The Labute approximate surface area is 402 Å². The van der Waals surface area contributed by atoms with Crippen molar-refractivity contribution < 1.29 is 77.7 Å². The van der Waals surface area contributed by atoms with Gasteiger partial charge >= 0.3 is 13.1 Å². The Bertz CT molecular complexity index is 1860. The fourth-order valence-electron chi connectivity index (χ4n) is 10.7. The summed E-state index contributed by atoms with van der Waals surface area (Å²) in [5, 5.41) is 64.8. The SMILES string of the molecule is CC[C@H]1OC(=O)[C@H](C)[C@@H](O[C@H]2C[C@@](C)(OC)[C@@H](O)[C@H](C)O2)[C@H](C)[C@@H](O[C@@H]2O[C@H](C)C[C@H](N(C)C)[C@H]2O)[C@](C)(OC)C[C@@H](C)/C(=N\OCC(=O)NC[C@H]2OB(O)c3ccccc32)[C@H](C)[C@@H](O)[C@]1(C)O. The maximum atomic E-state index is 14.6. The summed E-state index contributed by atoms with van der Waals surface area (Å²) in [5.74, 6) is -4.67. The number of carbonyl (C=O) groups excluding carboxylic acids is 2. The Morgan fingerprint density at radius 1 is 0.941 bits per heavy atom. The second-order valence-electron chi connectivity index (χ2n) is 20.4. The lowest BCUT2D eigenvalue weighted by atomic mass is 9.73. The molecule has 5 rings (SSSR count). The van der Waals surface area contributed by atoms with Crippen LogP contribution in [-0.2, 0) is 52.2 Å². The Morgan fingerprint density at radius 3 is 2.24 bits per heavy atom. The molecular weight excluding hydrogens is 885 g/mol. The van der Waals surface area contributed by atoms with Crippen LogP contribution in [0.5, 0.6) is 0 Å². The molecule has 19 atom stereocenters. The first kappa shape index (κ1) is 56.1.